The molecule has 9 nitrogen and oxygen atoms in total. The third-order valence-corrected chi connectivity index (χ3v) is 4.08. The topological polar surface area (TPSA) is 159 Å². The number of rotatable bonds is 5. The molecule has 0 aromatic heterocycles. The quantitative estimate of drug-likeness (QED) is 0.314. The molecule has 0 aliphatic carbocycles. The molecule has 1 heterocycles. The summed E-state index contributed by atoms with van der Waals surface area (Å²) in [7, 11) is -4.94. The molecule has 0 radical (unpaired) electrons. The van der Waals surface area contributed by atoms with E-state index in [0.717, 1.165) is 29.4 Å². The second-order valence-corrected chi connectivity index (χ2v) is 7.29. The molecule has 1 fully saturated rings. The van der Waals surface area contributed by atoms with Gasteiger partial charge < -0.3 is 4.74 Å². The Bertz CT molecular complexity index is 584. The van der Waals surface area contributed by atoms with Crippen LogP contribution in [-0.2, 0) is 4.74 Å². The Morgan fingerprint density at radius 2 is 1.84 bits per heavy atom. The highest BCUT2D eigenvalue weighted by molar-refractivity contribution is 7.99. The Kier molecular flexibility index (Phi) is 8.56. The summed E-state index contributed by atoms with van der Waals surface area (Å²) in [6.07, 6.45) is 2.20. The Morgan fingerprint density at radius 1 is 1.28 bits per heavy atom. The number of nitro groups is 1. The number of thioether (sulfide) groups is 1. The number of nitrogens with one attached hydrogen (secondary N) is 1. The van der Waals surface area contributed by atoms with Crippen LogP contribution in [0, 0.1) is 20.4 Å². The van der Waals surface area contributed by atoms with Crippen molar-refractivity contribution in [1.82, 2.24) is 0 Å². The summed E-state index contributed by atoms with van der Waals surface area (Å²) in [5.74, 6) is 1.84. The summed E-state index contributed by atoms with van der Waals surface area (Å²) in [6.45, 7) is 4.19. The van der Waals surface area contributed by atoms with Crippen LogP contribution in [0.1, 0.15) is 26.7 Å². The monoisotopic (exact) mass is 394 g/mol. The van der Waals surface area contributed by atoms with Crippen LogP contribution >= 0.6 is 11.8 Å². The van der Waals surface area contributed by atoms with Crippen molar-refractivity contribution < 1.29 is 43.5 Å². The van der Waals surface area contributed by atoms with E-state index in [0.29, 0.717) is 6.04 Å². The van der Waals surface area contributed by atoms with Crippen molar-refractivity contribution in [1.29, 1.82) is 0 Å². The molecule has 0 amide bonds. The Balaban J connectivity index is 0.000000550. The zero-order chi connectivity index (χ0) is 19.0. The Morgan fingerprint density at radius 3 is 2.32 bits per heavy atom. The van der Waals surface area contributed by atoms with Gasteiger partial charge >= 0.3 is 5.90 Å². The molecular weight excluding hydrogens is 376 g/mol. The van der Waals surface area contributed by atoms with Crippen molar-refractivity contribution in [3.05, 3.63) is 34.4 Å². The standard InChI is InChI=1S/C14H18N2O3S.ClHO4/c1-10(2)15-14-8-5-12(19-14)9-20-13-6-3-11(4-7-13)16(17)18;2-1(3,4)5/h3-4,6-7,10,12H,5,8-9H2,1-2H3;(H,2,3,4,5). The van der Waals surface area contributed by atoms with Gasteiger partial charge in [0.2, 0.25) is 0 Å². The second-order valence-electron chi connectivity index (χ2n) is 5.44. The molecule has 1 atom stereocenters. The van der Waals surface area contributed by atoms with Gasteiger partial charge in [-0.2, -0.15) is 0 Å². The van der Waals surface area contributed by atoms with Crippen LogP contribution in [0.25, 0.3) is 0 Å². The fraction of sp³-hybridized carbons (Fsp3) is 0.500. The average molecular weight is 395 g/mol. The largest absolute Gasteiger partial charge is 0.444 e. The van der Waals surface area contributed by atoms with Gasteiger partial charge in [-0.25, -0.2) is 23.6 Å². The summed E-state index contributed by atoms with van der Waals surface area (Å²) in [5.41, 5.74) is 0.128. The number of halogens is 1. The highest BCUT2D eigenvalue weighted by Crippen LogP contribution is 2.25. The molecule has 1 N–H and O–H groups in total. The van der Waals surface area contributed by atoms with Gasteiger partial charge in [0, 0.05) is 22.8 Å². The predicted octanol–water partition coefficient (Wildman–Crippen LogP) is -3.00. The maximum atomic E-state index is 10.6. The third-order valence-electron chi connectivity index (χ3n) is 2.94. The van der Waals surface area contributed by atoms with E-state index in [9.17, 15) is 10.1 Å². The summed E-state index contributed by atoms with van der Waals surface area (Å²) in [6, 6.07) is 7.04. The lowest BCUT2D eigenvalue weighted by Crippen LogP contribution is -2.77. The second kappa shape index (κ2) is 9.90. The van der Waals surface area contributed by atoms with Crippen molar-refractivity contribution in [3.8, 4) is 0 Å². The smallest absolute Gasteiger partial charge is 0.335 e. The molecule has 1 aliphatic heterocycles. The lowest BCUT2D eigenvalue weighted by Gasteiger charge is -2.17. The van der Waals surface area contributed by atoms with Gasteiger partial charge in [0.15, 0.2) is 0 Å². The third kappa shape index (κ3) is 10.2. The normalized spacial score (nSPS) is 18.7. The van der Waals surface area contributed by atoms with Gasteiger partial charge in [-0.3, -0.25) is 10.1 Å². The molecule has 25 heavy (non-hydrogen) atoms. The first-order chi connectivity index (χ1) is 11.5. The maximum Gasteiger partial charge on any atom is 0.335 e. The molecule has 0 spiro atoms. The molecule has 0 saturated carbocycles. The highest BCUT2D eigenvalue weighted by atomic mass is 35.7. The predicted molar refractivity (Wildman–Crippen MR) is 79.0 cm³/mol. The Labute approximate surface area is 151 Å². The number of ether oxygens (including phenoxy) is 1. The number of nitrogens with zero attached hydrogens (tertiary/aromatic N) is 1. The van der Waals surface area contributed by atoms with Crippen LogP contribution in [0.4, 0.5) is 5.69 Å². The molecule has 140 valence electrons. The minimum atomic E-state index is -4.94. The van der Waals surface area contributed by atoms with Crippen LogP contribution < -0.4 is 23.6 Å². The molecule has 11 heteroatoms. The minimum Gasteiger partial charge on any atom is -0.444 e. The van der Waals surface area contributed by atoms with E-state index in [1.165, 1.54) is 12.1 Å². The van der Waals surface area contributed by atoms with E-state index in [1.54, 1.807) is 23.9 Å². The molecule has 2 rings (SSSR count). The van der Waals surface area contributed by atoms with Crippen LogP contribution in [0.15, 0.2) is 29.2 Å². The summed E-state index contributed by atoms with van der Waals surface area (Å²) < 4.78 is 39.8. The molecule has 1 aromatic carbocycles. The van der Waals surface area contributed by atoms with Gasteiger partial charge in [-0.05, 0) is 32.4 Å². The Hall–Kier alpha value is -1.43. The molecule has 1 saturated heterocycles. The molecule has 1 unspecified atom stereocenters. The van der Waals surface area contributed by atoms with Crippen LogP contribution in [0.3, 0.4) is 0 Å². The van der Waals surface area contributed by atoms with Crippen molar-refractivity contribution in [2.75, 3.05) is 5.75 Å². The van der Waals surface area contributed by atoms with E-state index in [2.05, 4.69) is 18.8 Å². The summed E-state index contributed by atoms with van der Waals surface area (Å²) >= 11 is 1.67. The lowest BCUT2D eigenvalue weighted by atomic mass is 10.2. The van der Waals surface area contributed by atoms with Crippen LogP contribution in [0.2, 0.25) is 0 Å². The number of nitro benzene ring substituents is 1. The average Bonchev–Trinajstić information content (AvgIpc) is 2.90. The zero-order valence-corrected chi connectivity index (χ0v) is 15.2. The molecule has 1 aromatic rings. The van der Waals surface area contributed by atoms with Crippen molar-refractivity contribution in [2.45, 2.75) is 43.7 Å². The van der Waals surface area contributed by atoms with E-state index in [1.807, 2.05) is 0 Å². The van der Waals surface area contributed by atoms with Crippen molar-refractivity contribution in [2.24, 2.45) is 0 Å². The maximum absolute atomic E-state index is 10.6. The summed E-state index contributed by atoms with van der Waals surface area (Å²) in [4.78, 5) is 14.5. The zero-order valence-electron chi connectivity index (χ0n) is 13.7. The summed E-state index contributed by atoms with van der Waals surface area (Å²) in [5, 5.41) is 10.6. The van der Waals surface area contributed by atoms with Gasteiger partial charge in [0.1, 0.15) is 12.1 Å². The van der Waals surface area contributed by atoms with Gasteiger partial charge in [0.05, 0.1) is 11.3 Å². The van der Waals surface area contributed by atoms with E-state index < -0.39 is 10.2 Å². The molecular formula is C14H19ClN2O7S. The van der Waals surface area contributed by atoms with Crippen LogP contribution in [0.5, 0.6) is 0 Å². The van der Waals surface area contributed by atoms with Gasteiger partial charge in [-0.15, -0.1) is 22.0 Å². The molecule has 0 bridgehead atoms. The lowest BCUT2D eigenvalue weighted by molar-refractivity contribution is -2.00. The first kappa shape index (κ1) is 21.6. The van der Waals surface area contributed by atoms with Crippen LogP contribution in [-0.4, -0.2) is 28.7 Å². The first-order valence-corrected chi connectivity index (χ1v) is 9.54. The number of non-ortho nitro benzene ring substituents is 1. The fourth-order valence-electron chi connectivity index (χ4n) is 2.01. The molecule has 1 aliphatic rings. The van der Waals surface area contributed by atoms with Gasteiger partial charge in [-0.1, -0.05) is 0 Å². The van der Waals surface area contributed by atoms with Crippen molar-refractivity contribution >= 4 is 23.3 Å². The van der Waals surface area contributed by atoms with E-state index >= 15 is 0 Å². The highest BCUT2D eigenvalue weighted by Gasteiger charge is 2.26. The van der Waals surface area contributed by atoms with Crippen molar-refractivity contribution in [3.63, 3.8) is 0 Å². The number of hydrogen-bond acceptors (Lipinski definition) is 8. The minimum absolute atomic E-state index is 0.128. The number of hydrogen-bond donors (Lipinski definition) is 1. The fourth-order valence-corrected chi connectivity index (χ4v) is 2.95. The SMILES string of the molecule is CC(C)[NH+]=C1CCC(CSc2ccc([N+](=O)[O-])cc2)O1.[O-][Cl+3]([O-])([O-])[O-]. The van der Waals surface area contributed by atoms with E-state index in [-0.39, 0.29) is 16.7 Å². The van der Waals surface area contributed by atoms with E-state index in [4.69, 9.17) is 23.4 Å². The first-order valence-electron chi connectivity index (χ1n) is 7.32. The van der Waals surface area contributed by atoms with Gasteiger partial charge in [0.25, 0.3) is 5.69 Å². The number of benzene rings is 1.